The number of nitrogens with zero attached hydrogens (tertiary/aromatic N) is 1. The van der Waals surface area contributed by atoms with Gasteiger partial charge in [0.1, 0.15) is 17.9 Å². The molecule has 6 heteroatoms. The first-order chi connectivity index (χ1) is 14.5. The summed E-state index contributed by atoms with van der Waals surface area (Å²) in [6, 6.07) is 19.1. The number of benzene rings is 3. The van der Waals surface area contributed by atoms with Crippen molar-refractivity contribution in [3.05, 3.63) is 83.2 Å². The average Bonchev–Trinajstić information content (AvgIpc) is 3.12. The third-order valence-electron chi connectivity index (χ3n) is 4.84. The number of nitrogens with two attached hydrogens (primary N) is 1. The highest BCUT2D eigenvalue weighted by atomic mass is 16.5. The summed E-state index contributed by atoms with van der Waals surface area (Å²) in [4.78, 5) is 15.7. The molecule has 0 radical (unpaired) electrons. The van der Waals surface area contributed by atoms with Crippen molar-refractivity contribution < 1.29 is 19.1 Å². The van der Waals surface area contributed by atoms with Gasteiger partial charge in [-0.3, -0.25) is 4.79 Å². The minimum atomic E-state index is -0.897. The number of hydrogen-bond donors (Lipinski definition) is 2. The van der Waals surface area contributed by atoms with E-state index in [4.69, 9.17) is 20.0 Å². The zero-order chi connectivity index (χ0) is 21.1. The smallest absolute Gasteiger partial charge is 0.307 e. The Kier molecular flexibility index (Phi) is 5.50. The van der Waals surface area contributed by atoms with Crippen molar-refractivity contribution in [2.24, 2.45) is 5.73 Å². The molecule has 0 atom stereocenters. The molecule has 0 fully saturated rings. The SMILES string of the molecule is Cc1nc2c(-c3cccc(CN)c3)cc(COc3ccccc3CC(=O)O)cc2o1. The Bertz CT molecular complexity index is 1210. The van der Waals surface area contributed by atoms with Crippen molar-refractivity contribution in [2.75, 3.05) is 0 Å². The fourth-order valence-corrected chi connectivity index (χ4v) is 3.48. The molecule has 0 aliphatic carbocycles. The number of fused-ring (bicyclic) bond motifs is 1. The summed E-state index contributed by atoms with van der Waals surface area (Å²) in [7, 11) is 0. The molecule has 152 valence electrons. The Morgan fingerprint density at radius 2 is 1.93 bits per heavy atom. The van der Waals surface area contributed by atoms with Gasteiger partial charge in [0.25, 0.3) is 0 Å². The minimum Gasteiger partial charge on any atom is -0.489 e. The van der Waals surface area contributed by atoms with Crippen LogP contribution in [0.4, 0.5) is 0 Å². The van der Waals surface area contributed by atoms with E-state index in [9.17, 15) is 4.79 Å². The van der Waals surface area contributed by atoms with Crippen LogP contribution in [0.1, 0.15) is 22.6 Å². The molecule has 0 aliphatic heterocycles. The van der Waals surface area contributed by atoms with Crippen LogP contribution in [-0.2, 0) is 24.4 Å². The number of ether oxygens (including phenoxy) is 1. The van der Waals surface area contributed by atoms with Crippen LogP contribution in [0.3, 0.4) is 0 Å². The highest BCUT2D eigenvalue weighted by Crippen LogP contribution is 2.31. The molecule has 4 rings (SSSR count). The van der Waals surface area contributed by atoms with Crippen molar-refractivity contribution in [3.8, 4) is 16.9 Å². The lowest BCUT2D eigenvalue weighted by Gasteiger charge is -2.12. The van der Waals surface area contributed by atoms with E-state index in [1.807, 2.05) is 49.4 Å². The molecule has 0 saturated carbocycles. The second-order valence-corrected chi connectivity index (χ2v) is 7.09. The molecule has 1 aromatic heterocycles. The Labute approximate surface area is 173 Å². The van der Waals surface area contributed by atoms with Crippen molar-refractivity contribution in [2.45, 2.75) is 26.5 Å². The maximum absolute atomic E-state index is 11.1. The first-order valence-corrected chi connectivity index (χ1v) is 9.65. The number of oxazole rings is 1. The van der Waals surface area contributed by atoms with Gasteiger partial charge in [-0.2, -0.15) is 0 Å². The van der Waals surface area contributed by atoms with Crippen LogP contribution < -0.4 is 10.5 Å². The second kappa shape index (κ2) is 8.39. The average molecular weight is 402 g/mol. The predicted molar refractivity (Wildman–Crippen MR) is 114 cm³/mol. The van der Waals surface area contributed by atoms with Gasteiger partial charge in [-0.25, -0.2) is 4.98 Å². The summed E-state index contributed by atoms with van der Waals surface area (Å²) < 4.78 is 11.8. The van der Waals surface area contributed by atoms with Gasteiger partial charge in [0.15, 0.2) is 11.5 Å². The molecular weight excluding hydrogens is 380 g/mol. The zero-order valence-electron chi connectivity index (χ0n) is 16.6. The first-order valence-electron chi connectivity index (χ1n) is 9.65. The number of rotatable bonds is 7. The maximum atomic E-state index is 11.1. The molecule has 3 N–H and O–H groups in total. The van der Waals surface area contributed by atoms with E-state index in [0.717, 1.165) is 27.8 Å². The number of carboxylic acid groups (broad SMARTS) is 1. The number of aromatic nitrogens is 1. The van der Waals surface area contributed by atoms with Gasteiger partial charge in [-0.15, -0.1) is 0 Å². The van der Waals surface area contributed by atoms with Crippen molar-refractivity contribution in [1.82, 2.24) is 4.98 Å². The third-order valence-corrected chi connectivity index (χ3v) is 4.84. The van der Waals surface area contributed by atoms with Crippen LogP contribution in [0.25, 0.3) is 22.2 Å². The van der Waals surface area contributed by atoms with Crippen LogP contribution in [0.5, 0.6) is 5.75 Å². The topological polar surface area (TPSA) is 98.6 Å². The zero-order valence-corrected chi connectivity index (χ0v) is 16.6. The van der Waals surface area contributed by atoms with Crippen LogP contribution in [0, 0.1) is 6.92 Å². The van der Waals surface area contributed by atoms with Gasteiger partial charge in [-0.1, -0.05) is 36.4 Å². The van der Waals surface area contributed by atoms with Gasteiger partial charge in [0.2, 0.25) is 0 Å². The molecule has 0 bridgehead atoms. The van der Waals surface area contributed by atoms with E-state index in [1.165, 1.54) is 0 Å². The molecule has 0 spiro atoms. The number of carboxylic acids is 1. The van der Waals surface area contributed by atoms with Gasteiger partial charge in [0.05, 0.1) is 6.42 Å². The number of carbonyl (C=O) groups is 1. The Morgan fingerprint density at radius 3 is 2.73 bits per heavy atom. The van der Waals surface area contributed by atoms with E-state index in [1.54, 1.807) is 18.2 Å². The van der Waals surface area contributed by atoms with Crippen LogP contribution in [0.15, 0.2) is 65.1 Å². The Morgan fingerprint density at radius 1 is 1.10 bits per heavy atom. The van der Waals surface area contributed by atoms with Crippen molar-refractivity contribution in [3.63, 3.8) is 0 Å². The molecular formula is C24H22N2O4. The van der Waals surface area contributed by atoms with E-state index in [0.29, 0.717) is 29.3 Å². The van der Waals surface area contributed by atoms with E-state index in [2.05, 4.69) is 4.98 Å². The molecule has 6 nitrogen and oxygen atoms in total. The first kappa shape index (κ1) is 19.7. The Hall–Kier alpha value is -3.64. The summed E-state index contributed by atoms with van der Waals surface area (Å²) in [5.41, 5.74) is 11.8. The van der Waals surface area contributed by atoms with Crippen LogP contribution in [0.2, 0.25) is 0 Å². The molecule has 4 aromatic rings. The lowest BCUT2D eigenvalue weighted by atomic mass is 9.99. The second-order valence-electron chi connectivity index (χ2n) is 7.09. The van der Waals surface area contributed by atoms with Gasteiger partial charge in [-0.05, 0) is 41.0 Å². The van der Waals surface area contributed by atoms with Crippen molar-refractivity contribution in [1.29, 1.82) is 0 Å². The molecule has 1 heterocycles. The van der Waals surface area contributed by atoms with E-state index >= 15 is 0 Å². The largest absolute Gasteiger partial charge is 0.489 e. The van der Waals surface area contributed by atoms with Crippen LogP contribution >= 0.6 is 0 Å². The quantitative estimate of drug-likeness (QED) is 0.473. The summed E-state index contributed by atoms with van der Waals surface area (Å²) in [6.07, 6.45) is -0.0896. The fraction of sp³-hybridized carbons (Fsp3) is 0.167. The molecule has 0 saturated heterocycles. The van der Waals surface area contributed by atoms with Gasteiger partial charge >= 0.3 is 5.97 Å². The number of hydrogen-bond acceptors (Lipinski definition) is 5. The molecule has 0 unspecified atom stereocenters. The predicted octanol–water partition coefficient (Wildman–Crippen LogP) is 4.47. The number of aliphatic carboxylic acids is 1. The highest BCUT2D eigenvalue weighted by molar-refractivity contribution is 5.91. The van der Waals surface area contributed by atoms with Gasteiger partial charge in [0, 0.05) is 24.6 Å². The molecule has 0 amide bonds. The lowest BCUT2D eigenvalue weighted by molar-refractivity contribution is -0.136. The van der Waals surface area contributed by atoms with Gasteiger partial charge < -0.3 is 20.0 Å². The number of para-hydroxylation sites is 1. The van der Waals surface area contributed by atoms with E-state index < -0.39 is 5.97 Å². The summed E-state index contributed by atoms with van der Waals surface area (Å²) in [5.74, 6) is 0.248. The highest BCUT2D eigenvalue weighted by Gasteiger charge is 2.14. The molecule has 3 aromatic carbocycles. The normalized spacial score (nSPS) is 11.0. The Balaban J connectivity index is 1.70. The summed E-state index contributed by atoms with van der Waals surface area (Å²) in [5, 5.41) is 9.12. The lowest BCUT2D eigenvalue weighted by Crippen LogP contribution is -2.04. The molecule has 0 aliphatic rings. The van der Waals surface area contributed by atoms with Crippen molar-refractivity contribution >= 4 is 17.1 Å². The number of aryl methyl sites for hydroxylation is 1. The maximum Gasteiger partial charge on any atom is 0.307 e. The minimum absolute atomic E-state index is 0.0896. The van der Waals surface area contributed by atoms with Crippen LogP contribution in [-0.4, -0.2) is 16.1 Å². The standard InChI is InChI=1S/C24H22N2O4/c1-15-26-24-20(18-7-4-5-16(9-18)13-25)10-17(11-22(24)30-15)14-29-21-8-3-2-6-19(21)12-23(27)28/h2-11H,12-14,25H2,1H3,(H,27,28). The fourth-order valence-electron chi connectivity index (χ4n) is 3.48. The van der Waals surface area contributed by atoms with E-state index in [-0.39, 0.29) is 13.0 Å². The third kappa shape index (κ3) is 4.18. The summed E-state index contributed by atoms with van der Waals surface area (Å²) >= 11 is 0. The molecule has 30 heavy (non-hydrogen) atoms. The monoisotopic (exact) mass is 402 g/mol. The summed E-state index contributed by atoms with van der Waals surface area (Å²) in [6.45, 7) is 2.55.